The van der Waals surface area contributed by atoms with E-state index in [0.717, 1.165) is 38.8 Å². The van der Waals surface area contributed by atoms with Crippen molar-refractivity contribution in [2.24, 2.45) is 0 Å². The maximum atomic E-state index is 5.46. The Kier molecular flexibility index (Phi) is 3.30. The van der Waals surface area contributed by atoms with Gasteiger partial charge in [-0.1, -0.05) is 0 Å². The quantitative estimate of drug-likeness (QED) is 0.625. The summed E-state index contributed by atoms with van der Waals surface area (Å²) >= 11 is 0. The van der Waals surface area contributed by atoms with Crippen molar-refractivity contribution in [1.29, 1.82) is 0 Å². The third-order valence-electron chi connectivity index (χ3n) is 4.12. The fourth-order valence-corrected chi connectivity index (χ4v) is 2.93. The number of benzene rings is 1. The molecule has 0 aliphatic heterocycles. The Labute approximate surface area is 138 Å². The van der Waals surface area contributed by atoms with E-state index in [9.17, 15) is 0 Å². The number of fused-ring (bicyclic) bond motifs is 3. The first-order valence-corrected chi connectivity index (χ1v) is 7.53. The summed E-state index contributed by atoms with van der Waals surface area (Å²) in [6, 6.07) is 7.79. The van der Waals surface area contributed by atoms with Crippen LogP contribution in [0.4, 0.5) is 0 Å². The molecule has 6 heteroatoms. The van der Waals surface area contributed by atoms with Gasteiger partial charge < -0.3 is 9.47 Å². The van der Waals surface area contributed by atoms with E-state index in [4.69, 9.17) is 14.5 Å². The molecule has 3 heterocycles. The van der Waals surface area contributed by atoms with Crippen LogP contribution in [-0.2, 0) is 0 Å². The van der Waals surface area contributed by atoms with Gasteiger partial charge in [0, 0.05) is 28.7 Å². The number of nitrogens with zero attached hydrogens (tertiary/aromatic N) is 3. The van der Waals surface area contributed by atoms with Gasteiger partial charge in [-0.15, -0.1) is 0 Å². The van der Waals surface area contributed by atoms with Gasteiger partial charge in [0.25, 0.3) is 0 Å². The molecule has 4 aromatic rings. The molecule has 1 aromatic carbocycles. The van der Waals surface area contributed by atoms with E-state index in [1.54, 1.807) is 26.6 Å². The van der Waals surface area contributed by atoms with Crippen LogP contribution in [0.2, 0.25) is 0 Å². The molecule has 0 spiro atoms. The largest absolute Gasteiger partial charge is 0.493 e. The molecule has 0 unspecified atom stereocenters. The minimum absolute atomic E-state index is 0.660. The summed E-state index contributed by atoms with van der Waals surface area (Å²) < 4.78 is 10.9. The molecule has 0 atom stereocenters. The number of nitrogens with one attached hydrogen (secondary N) is 1. The Morgan fingerprint density at radius 1 is 1.04 bits per heavy atom. The second-order valence-electron chi connectivity index (χ2n) is 5.49. The lowest BCUT2D eigenvalue weighted by atomic mass is 10.0. The second kappa shape index (κ2) is 5.49. The van der Waals surface area contributed by atoms with Crippen molar-refractivity contribution in [1.82, 2.24) is 20.2 Å². The SMILES string of the molecule is COc1cc2c(-c3cccnc3)nc3c(C)n[nH]c3c2cc1OC. The molecule has 0 radical (unpaired) electrons. The number of aryl methyl sites for hydroxylation is 1. The first-order valence-electron chi connectivity index (χ1n) is 7.53. The zero-order valence-corrected chi connectivity index (χ0v) is 13.6. The lowest BCUT2D eigenvalue weighted by Crippen LogP contribution is -1.94. The van der Waals surface area contributed by atoms with Crippen molar-refractivity contribution in [2.45, 2.75) is 6.92 Å². The van der Waals surface area contributed by atoms with E-state index in [1.165, 1.54) is 0 Å². The number of hydrogen-bond donors (Lipinski definition) is 1. The van der Waals surface area contributed by atoms with Gasteiger partial charge >= 0.3 is 0 Å². The Morgan fingerprint density at radius 3 is 2.46 bits per heavy atom. The van der Waals surface area contributed by atoms with Crippen LogP contribution in [0.3, 0.4) is 0 Å². The van der Waals surface area contributed by atoms with Crippen molar-refractivity contribution in [2.75, 3.05) is 14.2 Å². The number of H-pyrrole nitrogens is 1. The van der Waals surface area contributed by atoms with E-state index >= 15 is 0 Å². The van der Waals surface area contributed by atoms with Crippen LogP contribution in [0.15, 0.2) is 36.7 Å². The van der Waals surface area contributed by atoms with E-state index < -0.39 is 0 Å². The third-order valence-corrected chi connectivity index (χ3v) is 4.12. The minimum Gasteiger partial charge on any atom is -0.493 e. The highest BCUT2D eigenvalue weighted by Crippen LogP contribution is 2.39. The molecule has 0 fully saturated rings. The first-order chi connectivity index (χ1) is 11.7. The van der Waals surface area contributed by atoms with E-state index in [0.29, 0.717) is 11.5 Å². The summed E-state index contributed by atoms with van der Waals surface area (Å²) in [6.45, 7) is 1.94. The zero-order valence-electron chi connectivity index (χ0n) is 13.6. The number of ether oxygens (including phenoxy) is 2. The normalized spacial score (nSPS) is 11.1. The smallest absolute Gasteiger partial charge is 0.161 e. The highest BCUT2D eigenvalue weighted by Gasteiger charge is 2.17. The predicted octanol–water partition coefficient (Wildman–Crippen LogP) is 3.50. The zero-order chi connectivity index (χ0) is 16.7. The van der Waals surface area contributed by atoms with Gasteiger partial charge in [0.1, 0.15) is 5.52 Å². The van der Waals surface area contributed by atoms with Gasteiger partial charge in [-0.2, -0.15) is 5.10 Å². The molecule has 1 N–H and O–H groups in total. The molecule has 120 valence electrons. The number of aromatic nitrogens is 4. The molecule has 0 saturated carbocycles. The third kappa shape index (κ3) is 2.07. The van der Waals surface area contributed by atoms with Crippen LogP contribution < -0.4 is 9.47 Å². The molecule has 0 aliphatic rings. The molecular formula is C18H16N4O2. The molecule has 0 saturated heterocycles. The Balaban J connectivity index is 2.18. The van der Waals surface area contributed by atoms with Crippen molar-refractivity contribution < 1.29 is 9.47 Å². The minimum atomic E-state index is 0.660. The van der Waals surface area contributed by atoms with Crippen LogP contribution in [0, 0.1) is 6.92 Å². The molecule has 4 rings (SSSR count). The van der Waals surface area contributed by atoms with Crippen molar-refractivity contribution >= 4 is 21.8 Å². The van der Waals surface area contributed by atoms with E-state index in [2.05, 4.69) is 15.2 Å². The van der Waals surface area contributed by atoms with Gasteiger partial charge in [-0.3, -0.25) is 10.1 Å². The first kappa shape index (κ1) is 14.4. The lowest BCUT2D eigenvalue weighted by Gasteiger charge is -2.12. The highest BCUT2D eigenvalue weighted by molar-refractivity contribution is 6.10. The van der Waals surface area contributed by atoms with Gasteiger partial charge in [0.2, 0.25) is 0 Å². The van der Waals surface area contributed by atoms with Crippen LogP contribution in [0.25, 0.3) is 33.1 Å². The number of pyridine rings is 2. The monoisotopic (exact) mass is 320 g/mol. The van der Waals surface area contributed by atoms with Crippen molar-refractivity contribution in [3.63, 3.8) is 0 Å². The Bertz CT molecular complexity index is 1040. The average Bonchev–Trinajstić information content (AvgIpc) is 3.01. The summed E-state index contributed by atoms with van der Waals surface area (Å²) in [5.74, 6) is 1.33. The number of rotatable bonds is 3. The molecule has 3 aromatic heterocycles. The van der Waals surface area contributed by atoms with Gasteiger partial charge in [-0.05, 0) is 31.2 Å². The van der Waals surface area contributed by atoms with Crippen LogP contribution in [0.1, 0.15) is 5.69 Å². The van der Waals surface area contributed by atoms with E-state index in [1.807, 2.05) is 31.2 Å². The van der Waals surface area contributed by atoms with Crippen molar-refractivity contribution in [3.05, 3.63) is 42.4 Å². The molecule has 24 heavy (non-hydrogen) atoms. The van der Waals surface area contributed by atoms with Gasteiger partial charge in [0.15, 0.2) is 11.5 Å². The summed E-state index contributed by atoms with van der Waals surface area (Å²) in [7, 11) is 3.25. The fourth-order valence-electron chi connectivity index (χ4n) is 2.93. The highest BCUT2D eigenvalue weighted by atomic mass is 16.5. The molecule has 0 bridgehead atoms. The Morgan fingerprint density at radius 2 is 1.79 bits per heavy atom. The molecule has 0 aliphatic carbocycles. The van der Waals surface area contributed by atoms with Crippen LogP contribution in [-0.4, -0.2) is 34.4 Å². The number of methoxy groups -OCH3 is 2. The molecular weight excluding hydrogens is 304 g/mol. The maximum Gasteiger partial charge on any atom is 0.161 e. The van der Waals surface area contributed by atoms with Crippen LogP contribution in [0.5, 0.6) is 11.5 Å². The summed E-state index contributed by atoms with van der Waals surface area (Å²) in [4.78, 5) is 9.05. The summed E-state index contributed by atoms with van der Waals surface area (Å²) in [5, 5.41) is 9.32. The number of aromatic amines is 1. The van der Waals surface area contributed by atoms with Gasteiger partial charge in [0.05, 0.1) is 31.1 Å². The average molecular weight is 320 g/mol. The second-order valence-corrected chi connectivity index (χ2v) is 5.49. The molecule has 0 amide bonds. The predicted molar refractivity (Wildman–Crippen MR) is 92.5 cm³/mol. The summed E-state index contributed by atoms with van der Waals surface area (Å²) in [5.41, 5.74) is 4.37. The Hall–Kier alpha value is -3.15. The number of hydrogen-bond acceptors (Lipinski definition) is 5. The fraction of sp³-hybridized carbons (Fsp3) is 0.167. The van der Waals surface area contributed by atoms with Crippen molar-refractivity contribution in [3.8, 4) is 22.8 Å². The van der Waals surface area contributed by atoms with E-state index in [-0.39, 0.29) is 0 Å². The molecule has 6 nitrogen and oxygen atoms in total. The maximum absolute atomic E-state index is 5.46. The lowest BCUT2D eigenvalue weighted by molar-refractivity contribution is 0.356. The summed E-state index contributed by atoms with van der Waals surface area (Å²) in [6.07, 6.45) is 3.55. The van der Waals surface area contributed by atoms with Gasteiger partial charge in [-0.25, -0.2) is 4.98 Å². The topological polar surface area (TPSA) is 72.9 Å². The standard InChI is InChI=1S/C18H16N4O2/c1-10-16-18(22-21-10)13-8-15(24-3)14(23-2)7-12(13)17(20-16)11-5-4-6-19-9-11/h4-9H,1-3H3,(H,21,22). The van der Waals surface area contributed by atoms with Crippen LogP contribution >= 0.6 is 0 Å².